The third-order valence-electron chi connectivity index (χ3n) is 2.52. The monoisotopic (exact) mass is 318 g/mol. The number of ketones is 1. The lowest BCUT2D eigenvalue weighted by molar-refractivity contribution is 0.0977. The predicted octanol–water partition coefficient (Wildman–Crippen LogP) is 3.47. The lowest BCUT2D eigenvalue weighted by Gasteiger charge is -2.08. The van der Waals surface area contributed by atoms with Crippen LogP contribution in [0.1, 0.15) is 22.0 Å². The molecule has 0 bridgehead atoms. The van der Waals surface area contributed by atoms with Gasteiger partial charge in [0, 0.05) is 16.2 Å². The molecule has 0 saturated carbocycles. The van der Waals surface area contributed by atoms with E-state index in [2.05, 4.69) is 20.9 Å². The number of aromatic nitrogens is 1. The average molecular weight is 319 g/mol. The van der Waals surface area contributed by atoms with Crippen LogP contribution in [-0.4, -0.2) is 10.8 Å². The minimum atomic E-state index is -1.03. The highest BCUT2D eigenvalue weighted by Crippen LogP contribution is 2.22. The molecule has 0 unspecified atom stereocenters. The molecule has 0 aliphatic rings. The SMILES string of the molecule is N#C[C@H](C(=O)c1cc(F)cc(Br)c1)c1ccccn1. The van der Waals surface area contributed by atoms with Crippen molar-refractivity contribution in [3.05, 3.63) is 64.1 Å². The molecule has 94 valence electrons. The van der Waals surface area contributed by atoms with E-state index in [-0.39, 0.29) is 5.56 Å². The minimum Gasteiger partial charge on any atom is -0.292 e. The number of Topliss-reactive ketones (excluding diaryl/α,β-unsaturated/α-hetero) is 1. The number of hydrogen-bond acceptors (Lipinski definition) is 3. The normalized spacial score (nSPS) is 11.6. The molecule has 0 fully saturated rings. The summed E-state index contributed by atoms with van der Waals surface area (Å²) in [6.07, 6.45) is 1.51. The lowest BCUT2D eigenvalue weighted by Crippen LogP contribution is -2.12. The summed E-state index contributed by atoms with van der Waals surface area (Å²) in [6, 6.07) is 10.7. The first-order valence-corrected chi connectivity index (χ1v) is 6.22. The van der Waals surface area contributed by atoms with E-state index < -0.39 is 17.5 Å². The summed E-state index contributed by atoms with van der Waals surface area (Å²) in [6.45, 7) is 0. The number of carbonyl (C=O) groups excluding carboxylic acids is 1. The molecule has 1 atom stereocenters. The molecule has 0 spiro atoms. The maximum atomic E-state index is 13.3. The second-order valence-corrected chi connectivity index (χ2v) is 4.75. The number of benzene rings is 1. The summed E-state index contributed by atoms with van der Waals surface area (Å²) in [4.78, 5) is 16.2. The minimum absolute atomic E-state index is 0.143. The molecule has 2 rings (SSSR count). The molecule has 0 saturated heterocycles. The maximum absolute atomic E-state index is 13.3. The Labute approximate surface area is 117 Å². The van der Waals surface area contributed by atoms with Gasteiger partial charge in [0.25, 0.3) is 0 Å². The highest BCUT2D eigenvalue weighted by molar-refractivity contribution is 9.10. The van der Waals surface area contributed by atoms with Crippen LogP contribution in [0.25, 0.3) is 0 Å². The molecule has 2 aromatic rings. The van der Waals surface area contributed by atoms with Crippen LogP contribution < -0.4 is 0 Å². The molecule has 0 aliphatic carbocycles. The van der Waals surface area contributed by atoms with Crippen LogP contribution in [0.2, 0.25) is 0 Å². The first-order valence-electron chi connectivity index (χ1n) is 5.42. The van der Waals surface area contributed by atoms with Crippen molar-refractivity contribution in [3.8, 4) is 6.07 Å². The molecule has 3 nitrogen and oxygen atoms in total. The van der Waals surface area contributed by atoms with Crippen LogP contribution in [0.5, 0.6) is 0 Å². The number of hydrogen-bond donors (Lipinski definition) is 0. The Balaban J connectivity index is 2.40. The molecule has 0 amide bonds. The second-order valence-electron chi connectivity index (χ2n) is 3.84. The molecule has 0 N–H and O–H groups in total. The molecule has 1 aromatic heterocycles. The first-order chi connectivity index (χ1) is 9.11. The van der Waals surface area contributed by atoms with Gasteiger partial charge in [0.1, 0.15) is 5.82 Å². The average Bonchev–Trinajstić information content (AvgIpc) is 2.39. The highest BCUT2D eigenvalue weighted by Gasteiger charge is 2.23. The van der Waals surface area contributed by atoms with Gasteiger partial charge in [-0.2, -0.15) is 5.26 Å². The van der Waals surface area contributed by atoms with Gasteiger partial charge in [-0.25, -0.2) is 4.39 Å². The molecule has 1 heterocycles. The van der Waals surface area contributed by atoms with Gasteiger partial charge in [-0.3, -0.25) is 9.78 Å². The maximum Gasteiger partial charge on any atom is 0.186 e. The van der Waals surface area contributed by atoms with E-state index in [0.29, 0.717) is 10.2 Å². The fourth-order valence-electron chi connectivity index (χ4n) is 1.67. The Morgan fingerprint density at radius 2 is 2.16 bits per heavy atom. The van der Waals surface area contributed by atoms with E-state index in [4.69, 9.17) is 5.26 Å². The van der Waals surface area contributed by atoms with Crippen LogP contribution in [-0.2, 0) is 0 Å². The molecule has 0 radical (unpaired) electrons. The molecule has 5 heteroatoms. The van der Waals surface area contributed by atoms with Crippen LogP contribution in [0.15, 0.2) is 47.1 Å². The van der Waals surface area contributed by atoms with Gasteiger partial charge >= 0.3 is 0 Å². The second kappa shape index (κ2) is 5.72. The standard InChI is InChI=1S/C14H8BrFN2O/c15-10-5-9(6-11(16)7-10)14(19)12(8-17)13-3-1-2-4-18-13/h1-7,12H/t12-/m0/s1. The first kappa shape index (κ1) is 13.4. The molecular weight excluding hydrogens is 311 g/mol. The molecule has 19 heavy (non-hydrogen) atoms. The molecular formula is C14H8BrFN2O. The number of pyridine rings is 1. The largest absolute Gasteiger partial charge is 0.292 e. The number of carbonyl (C=O) groups is 1. The van der Waals surface area contributed by atoms with Crippen LogP contribution in [0.3, 0.4) is 0 Å². The van der Waals surface area contributed by atoms with Crippen molar-refractivity contribution < 1.29 is 9.18 Å². The number of nitrogens with zero attached hydrogens (tertiary/aromatic N) is 2. The summed E-state index contributed by atoms with van der Waals surface area (Å²) in [5.41, 5.74) is 0.500. The van der Waals surface area contributed by atoms with E-state index in [1.54, 1.807) is 18.2 Å². The number of rotatable bonds is 3. The molecule has 1 aromatic carbocycles. The van der Waals surface area contributed by atoms with Gasteiger partial charge in [0.05, 0.1) is 11.8 Å². The van der Waals surface area contributed by atoms with Gasteiger partial charge in [-0.15, -0.1) is 0 Å². The van der Waals surface area contributed by atoms with Crippen LogP contribution in [0.4, 0.5) is 4.39 Å². The van der Waals surface area contributed by atoms with Crippen molar-refractivity contribution in [2.24, 2.45) is 0 Å². The quantitative estimate of drug-likeness (QED) is 0.814. The van der Waals surface area contributed by atoms with Crippen LogP contribution in [0, 0.1) is 17.1 Å². The van der Waals surface area contributed by atoms with Crippen molar-refractivity contribution in [1.82, 2.24) is 4.98 Å². The van der Waals surface area contributed by atoms with Crippen molar-refractivity contribution in [3.63, 3.8) is 0 Å². The number of nitriles is 1. The summed E-state index contributed by atoms with van der Waals surface area (Å²) in [5.74, 6) is -2.04. The summed E-state index contributed by atoms with van der Waals surface area (Å²) in [7, 11) is 0. The Bertz CT molecular complexity index is 632. The highest BCUT2D eigenvalue weighted by atomic mass is 79.9. The lowest BCUT2D eigenvalue weighted by atomic mass is 9.95. The van der Waals surface area contributed by atoms with Gasteiger partial charge in [0.15, 0.2) is 11.7 Å². The van der Waals surface area contributed by atoms with Crippen LogP contribution >= 0.6 is 15.9 Å². The smallest absolute Gasteiger partial charge is 0.186 e. The van der Waals surface area contributed by atoms with Gasteiger partial charge in [-0.05, 0) is 30.3 Å². The molecule has 0 aliphatic heterocycles. The zero-order valence-electron chi connectivity index (χ0n) is 9.68. The van der Waals surface area contributed by atoms with Crippen molar-refractivity contribution in [1.29, 1.82) is 5.26 Å². The topological polar surface area (TPSA) is 53.8 Å². The Morgan fingerprint density at radius 1 is 1.37 bits per heavy atom. The van der Waals surface area contributed by atoms with E-state index in [1.165, 1.54) is 18.3 Å². The third kappa shape index (κ3) is 3.04. The van der Waals surface area contributed by atoms with Gasteiger partial charge < -0.3 is 0 Å². The van der Waals surface area contributed by atoms with Crippen molar-refractivity contribution in [2.75, 3.05) is 0 Å². The van der Waals surface area contributed by atoms with Gasteiger partial charge in [0.2, 0.25) is 0 Å². The van der Waals surface area contributed by atoms with E-state index >= 15 is 0 Å². The third-order valence-corrected chi connectivity index (χ3v) is 2.98. The summed E-state index contributed by atoms with van der Waals surface area (Å²) < 4.78 is 13.7. The van der Waals surface area contributed by atoms with Gasteiger partial charge in [-0.1, -0.05) is 22.0 Å². The zero-order valence-corrected chi connectivity index (χ0v) is 11.3. The zero-order chi connectivity index (χ0) is 13.8. The van der Waals surface area contributed by atoms with Crippen molar-refractivity contribution in [2.45, 2.75) is 5.92 Å². The predicted molar refractivity (Wildman–Crippen MR) is 71.0 cm³/mol. The summed E-state index contributed by atoms with van der Waals surface area (Å²) >= 11 is 3.12. The Hall–Kier alpha value is -2.06. The Morgan fingerprint density at radius 3 is 2.74 bits per heavy atom. The van der Waals surface area contributed by atoms with E-state index in [1.807, 2.05) is 6.07 Å². The number of halogens is 2. The van der Waals surface area contributed by atoms with E-state index in [0.717, 1.165) is 6.07 Å². The fourth-order valence-corrected chi connectivity index (χ4v) is 2.13. The van der Waals surface area contributed by atoms with E-state index in [9.17, 15) is 9.18 Å². The summed E-state index contributed by atoms with van der Waals surface area (Å²) in [5, 5.41) is 9.13. The fraction of sp³-hybridized carbons (Fsp3) is 0.0714. The Kier molecular flexibility index (Phi) is 4.03. The van der Waals surface area contributed by atoms with Crippen molar-refractivity contribution >= 4 is 21.7 Å².